The summed E-state index contributed by atoms with van der Waals surface area (Å²) >= 11 is 12.2. The van der Waals surface area contributed by atoms with Crippen molar-refractivity contribution in [1.82, 2.24) is 5.16 Å². The molecule has 0 atom stereocenters. The zero-order valence-corrected chi connectivity index (χ0v) is 11.7. The summed E-state index contributed by atoms with van der Waals surface area (Å²) in [5.41, 5.74) is 0.961. The van der Waals surface area contributed by atoms with Crippen molar-refractivity contribution in [3.05, 3.63) is 40.1 Å². The van der Waals surface area contributed by atoms with Gasteiger partial charge in [-0.15, -0.1) is 0 Å². The first-order chi connectivity index (χ1) is 9.15. The Morgan fingerprint density at radius 3 is 2.68 bits per heavy atom. The van der Waals surface area contributed by atoms with Crippen LogP contribution in [0.4, 0.5) is 0 Å². The Balaban J connectivity index is 2.42. The van der Waals surface area contributed by atoms with Crippen molar-refractivity contribution < 1.29 is 14.1 Å². The number of carbonyl (C=O) groups excluding carboxylic acids is 1. The summed E-state index contributed by atoms with van der Waals surface area (Å²) in [4.78, 5) is 11.9. The quantitative estimate of drug-likeness (QED) is 0.793. The highest BCUT2D eigenvalue weighted by atomic mass is 35.5. The van der Waals surface area contributed by atoms with Crippen molar-refractivity contribution in [1.29, 1.82) is 0 Å². The SMILES string of the molecule is CCCOC(=O)c1conc1-c1c(Cl)cccc1Cl. The fourth-order valence-electron chi connectivity index (χ4n) is 1.56. The number of benzene rings is 1. The Hall–Kier alpha value is -1.52. The molecule has 1 aromatic carbocycles. The summed E-state index contributed by atoms with van der Waals surface area (Å²) in [6.07, 6.45) is 1.96. The van der Waals surface area contributed by atoms with Crippen LogP contribution in [0.3, 0.4) is 0 Å². The molecule has 0 N–H and O–H groups in total. The van der Waals surface area contributed by atoms with Crippen LogP contribution in [0.1, 0.15) is 23.7 Å². The van der Waals surface area contributed by atoms with Gasteiger partial charge >= 0.3 is 5.97 Å². The second kappa shape index (κ2) is 6.08. The second-order valence-corrected chi connectivity index (χ2v) is 4.62. The third-order valence-corrected chi connectivity index (χ3v) is 3.06. The predicted molar refractivity (Wildman–Crippen MR) is 72.5 cm³/mol. The van der Waals surface area contributed by atoms with Crippen molar-refractivity contribution in [3.8, 4) is 11.3 Å². The molecule has 0 saturated heterocycles. The molecule has 6 heteroatoms. The van der Waals surface area contributed by atoms with Gasteiger partial charge in [0.2, 0.25) is 0 Å². The molecule has 2 aromatic rings. The number of nitrogens with zero attached hydrogens (tertiary/aromatic N) is 1. The van der Waals surface area contributed by atoms with E-state index >= 15 is 0 Å². The fraction of sp³-hybridized carbons (Fsp3) is 0.231. The van der Waals surface area contributed by atoms with Crippen molar-refractivity contribution in [2.75, 3.05) is 6.61 Å². The lowest BCUT2D eigenvalue weighted by atomic mass is 10.1. The summed E-state index contributed by atoms with van der Waals surface area (Å²) in [6.45, 7) is 2.24. The molecule has 0 unspecified atom stereocenters. The summed E-state index contributed by atoms with van der Waals surface area (Å²) in [5, 5.41) is 4.58. The Bertz CT molecular complexity index is 575. The highest BCUT2D eigenvalue weighted by Gasteiger charge is 2.22. The number of ether oxygens (including phenoxy) is 1. The van der Waals surface area contributed by atoms with E-state index in [2.05, 4.69) is 5.16 Å². The molecule has 0 amide bonds. The zero-order valence-electron chi connectivity index (χ0n) is 10.2. The van der Waals surface area contributed by atoms with Gasteiger partial charge in [0.05, 0.1) is 16.7 Å². The normalized spacial score (nSPS) is 10.5. The van der Waals surface area contributed by atoms with Crippen LogP contribution in [0.25, 0.3) is 11.3 Å². The summed E-state index contributed by atoms with van der Waals surface area (Å²) in [5.74, 6) is -0.505. The van der Waals surface area contributed by atoms with E-state index in [1.54, 1.807) is 18.2 Å². The minimum Gasteiger partial charge on any atom is -0.462 e. The largest absolute Gasteiger partial charge is 0.462 e. The molecule has 0 aliphatic carbocycles. The highest BCUT2D eigenvalue weighted by molar-refractivity contribution is 6.39. The summed E-state index contributed by atoms with van der Waals surface area (Å²) in [7, 11) is 0. The zero-order chi connectivity index (χ0) is 13.8. The number of hydrogen-bond acceptors (Lipinski definition) is 4. The number of hydrogen-bond donors (Lipinski definition) is 0. The van der Waals surface area contributed by atoms with Gasteiger partial charge in [-0.25, -0.2) is 4.79 Å². The van der Waals surface area contributed by atoms with Crippen LogP contribution in [0.5, 0.6) is 0 Å². The van der Waals surface area contributed by atoms with Crippen molar-refractivity contribution in [2.45, 2.75) is 13.3 Å². The van der Waals surface area contributed by atoms with Crippen molar-refractivity contribution >= 4 is 29.2 Å². The molecule has 19 heavy (non-hydrogen) atoms. The Labute approximate surface area is 120 Å². The van der Waals surface area contributed by atoms with Crippen LogP contribution in [0, 0.1) is 0 Å². The molecule has 2 rings (SSSR count). The van der Waals surface area contributed by atoms with E-state index in [0.717, 1.165) is 6.42 Å². The molecular formula is C13H11Cl2NO3. The van der Waals surface area contributed by atoms with E-state index in [1.807, 2.05) is 6.92 Å². The molecule has 100 valence electrons. The summed E-state index contributed by atoms with van der Waals surface area (Å²) < 4.78 is 9.90. The number of aromatic nitrogens is 1. The van der Waals surface area contributed by atoms with Crippen LogP contribution < -0.4 is 0 Å². The van der Waals surface area contributed by atoms with Crippen LogP contribution in [-0.4, -0.2) is 17.7 Å². The Morgan fingerprint density at radius 2 is 2.05 bits per heavy atom. The van der Waals surface area contributed by atoms with E-state index in [0.29, 0.717) is 22.2 Å². The van der Waals surface area contributed by atoms with E-state index in [1.165, 1.54) is 6.26 Å². The molecule has 1 aromatic heterocycles. The molecule has 4 nitrogen and oxygen atoms in total. The maximum absolute atomic E-state index is 11.9. The van der Waals surface area contributed by atoms with E-state index in [4.69, 9.17) is 32.5 Å². The Kier molecular flexibility index (Phi) is 4.45. The lowest BCUT2D eigenvalue weighted by Gasteiger charge is -2.05. The average molecular weight is 300 g/mol. The molecule has 0 aliphatic heterocycles. The number of rotatable bonds is 4. The van der Waals surface area contributed by atoms with Gasteiger partial charge in [-0.3, -0.25) is 0 Å². The van der Waals surface area contributed by atoms with Gasteiger partial charge in [0, 0.05) is 5.56 Å². The molecule has 0 saturated carbocycles. The van der Waals surface area contributed by atoms with E-state index in [9.17, 15) is 4.79 Å². The molecule has 0 bridgehead atoms. The van der Waals surface area contributed by atoms with Crippen LogP contribution >= 0.6 is 23.2 Å². The van der Waals surface area contributed by atoms with Crippen molar-refractivity contribution in [2.24, 2.45) is 0 Å². The van der Waals surface area contributed by atoms with Gasteiger partial charge in [0.15, 0.2) is 0 Å². The third-order valence-electron chi connectivity index (χ3n) is 2.43. The lowest BCUT2D eigenvalue weighted by Crippen LogP contribution is -2.06. The van der Waals surface area contributed by atoms with Crippen molar-refractivity contribution in [3.63, 3.8) is 0 Å². The molecule has 1 heterocycles. The first-order valence-electron chi connectivity index (χ1n) is 5.71. The average Bonchev–Trinajstić information content (AvgIpc) is 2.85. The first-order valence-corrected chi connectivity index (χ1v) is 6.46. The fourth-order valence-corrected chi connectivity index (χ4v) is 2.13. The molecule has 0 spiro atoms. The minimum absolute atomic E-state index is 0.212. The minimum atomic E-state index is -0.505. The monoisotopic (exact) mass is 299 g/mol. The molecule has 0 aliphatic rings. The predicted octanol–water partition coefficient (Wildman–Crippen LogP) is 4.22. The summed E-state index contributed by atoms with van der Waals surface area (Å²) in [6, 6.07) is 5.04. The molecule has 0 radical (unpaired) electrons. The first kappa shape index (κ1) is 13.9. The third kappa shape index (κ3) is 2.91. The molecule has 0 fully saturated rings. The van der Waals surface area contributed by atoms with Gasteiger partial charge in [-0.1, -0.05) is 41.3 Å². The number of esters is 1. The smallest absolute Gasteiger partial charge is 0.343 e. The maximum Gasteiger partial charge on any atom is 0.343 e. The molecular weight excluding hydrogens is 289 g/mol. The topological polar surface area (TPSA) is 52.3 Å². The maximum atomic E-state index is 11.9. The van der Waals surface area contributed by atoms with Gasteiger partial charge in [-0.2, -0.15) is 0 Å². The number of halogens is 2. The van der Waals surface area contributed by atoms with Gasteiger partial charge in [-0.05, 0) is 18.6 Å². The van der Waals surface area contributed by atoms with Crippen LogP contribution in [-0.2, 0) is 4.74 Å². The van der Waals surface area contributed by atoms with Gasteiger partial charge in [0.1, 0.15) is 17.5 Å². The highest BCUT2D eigenvalue weighted by Crippen LogP contribution is 2.35. The number of carbonyl (C=O) groups is 1. The van der Waals surface area contributed by atoms with E-state index in [-0.39, 0.29) is 11.3 Å². The second-order valence-electron chi connectivity index (χ2n) is 3.81. The standard InChI is InChI=1S/C13H11Cl2NO3/c1-2-6-18-13(17)8-7-19-16-12(8)11-9(14)4-3-5-10(11)15/h3-5,7H,2,6H2,1H3. The van der Waals surface area contributed by atoms with E-state index < -0.39 is 5.97 Å². The van der Waals surface area contributed by atoms with Gasteiger partial charge < -0.3 is 9.26 Å². The lowest BCUT2D eigenvalue weighted by molar-refractivity contribution is 0.0505. The van der Waals surface area contributed by atoms with Crippen LogP contribution in [0.15, 0.2) is 29.0 Å². The van der Waals surface area contributed by atoms with Gasteiger partial charge in [0.25, 0.3) is 0 Å². The van der Waals surface area contributed by atoms with Crippen LogP contribution in [0.2, 0.25) is 10.0 Å². The Morgan fingerprint density at radius 1 is 1.37 bits per heavy atom.